The molecule has 9 heteroatoms. The Bertz CT molecular complexity index is 1340. The number of fused-ring (bicyclic) bond motifs is 2. The summed E-state index contributed by atoms with van der Waals surface area (Å²) in [6.45, 7) is 6.01. The van der Waals surface area contributed by atoms with Gasteiger partial charge in [0, 0.05) is 24.0 Å². The summed E-state index contributed by atoms with van der Waals surface area (Å²) in [5.41, 5.74) is 1.59. The number of nitrogens with zero attached hydrogens (tertiary/aromatic N) is 3. The van der Waals surface area contributed by atoms with Crippen LogP contribution < -0.4 is 10.9 Å². The fraction of sp³-hybridized carbons (Fsp3) is 0.478. The third kappa shape index (κ3) is 3.44. The number of hydrogen-bond acceptors (Lipinski definition) is 5. The first-order chi connectivity index (χ1) is 15.2. The lowest BCUT2D eigenvalue weighted by atomic mass is 9.95. The number of hydrogen-bond donors (Lipinski definition) is 2. The number of pyridine rings is 1. The molecule has 2 aliphatic rings. The predicted octanol–water partition coefficient (Wildman–Crippen LogP) is 4.28. The van der Waals surface area contributed by atoms with E-state index in [0.29, 0.717) is 28.3 Å². The van der Waals surface area contributed by atoms with Crippen LogP contribution in [-0.2, 0) is 16.6 Å². The molecule has 0 radical (unpaired) electrons. The Morgan fingerprint density at radius 3 is 2.59 bits per heavy atom. The summed E-state index contributed by atoms with van der Waals surface area (Å²) in [4.78, 5) is 15.8. The Morgan fingerprint density at radius 1 is 1.12 bits per heavy atom. The van der Waals surface area contributed by atoms with Crippen LogP contribution in [0.15, 0.2) is 40.2 Å². The van der Waals surface area contributed by atoms with Crippen LogP contribution in [0.4, 0.5) is 11.5 Å². The molecule has 32 heavy (non-hydrogen) atoms. The first-order valence-corrected chi connectivity index (χ1v) is 12.6. The second-order valence-corrected chi connectivity index (χ2v) is 11.6. The van der Waals surface area contributed by atoms with Gasteiger partial charge in [0.2, 0.25) is 10.0 Å². The van der Waals surface area contributed by atoms with Gasteiger partial charge in [0.05, 0.1) is 16.5 Å². The smallest absolute Gasteiger partial charge is 0.261 e. The zero-order valence-electron chi connectivity index (χ0n) is 18.7. The first kappa shape index (κ1) is 21.2. The molecule has 2 N–H and O–H groups in total. The van der Waals surface area contributed by atoms with E-state index in [9.17, 15) is 13.2 Å². The predicted molar refractivity (Wildman–Crippen MR) is 125 cm³/mol. The van der Waals surface area contributed by atoms with Crippen LogP contribution in [-0.4, -0.2) is 33.0 Å². The van der Waals surface area contributed by atoms with Crippen molar-refractivity contribution in [3.05, 3.63) is 46.4 Å². The number of nitrogens with one attached hydrogen (secondary N) is 2. The van der Waals surface area contributed by atoms with Gasteiger partial charge in [-0.05, 0) is 63.4 Å². The Labute approximate surface area is 187 Å². The fourth-order valence-electron chi connectivity index (χ4n) is 4.92. The van der Waals surface area contributed by atoms with Gasteiger partial charge in [0.15, 0.2) is 5.82 Å². The maximum atomic E-state index is 12.9. The molecule has 2 aromatic heterocycles. The van der Waals surface area contributed by atoms with Crippen LogP contribution in [0.2, 0.25) is 0 Å². The number of sulfonamides is 1. The Hall–Kier alpha value is -2.65. The molecule has 1 aliphatic carbocycles. The van der Waals surface area contributed by atoms with E-state index in [-0.39, 0.29) is 11.6 Å². The van der Waals surface area contributed by atoms with Gasteiger partial charge in [-0.2, -0.15) is 9.40 Å². The van der Waals surface area contributed by atoms with Gasteiger partial charge >= 0.3 is 0 Å². The van der Waals surface area contributed by atoms with Gasteiger partial charge < -0.3 is 10.3 Å². The third-order valence-corrected chi connectivity index (χ3v) is 8.72. The van der Waals surface area contributed by atoms with Gasteiger partial charge in [0.1, 0.15) is 5.39 Å². The maximum absolute atomic E-state index is 12.9. The zero-order valence-corrected chi connectivity index (χ0v) is 19.5. The monoisotopic (exact) mass is 455 g/mol. The molecular formula is C23H29N5O3S. The van der Waals surface area contributed by atoms with Gasteiger partial charge in [0.25, 0.3) is 5.56 Å². The molecule has 0 unspecified atom stereocenters. The summed E-state index contributed by atoms with van der Waals surface area (Å²) < 4.78 is 29.4. The lowest BCUT2D eigenvalue weighted by Crippen LogP contribution is -2.41. The topological polar surface area (TPSA) is 100 Å². The molecule has 0 bridgehead atoms. The number of H-pyrrole nitrogens is 1. The highest BCUT2D eigenvalue weighted by Gasteiger charge is 2.41. The van der Waals surface area contributed by atoms with Crippen molar-refractivity contribution in [3.63, 3.8) is 0 Å². The minimum Gasteiger partial charge on any atom is -0.338 e. The molecule has 0 spiro atoms. The molecule has 0 amide bonds. The first-order valence-electron chi connectivity index (χ1n) is 11.2. The second-order valence-electron chi connectivity index (χ2n) is 9.78. The van der Waals surface area contributed by atoms with E-state index < -0.39 is 15.6 Å². The van der Waals surface area contributed by atoms with Gasteiger partial charge in [-0.15, -0.1) is 0 Å². The average Bonchev–Trinajstić information content (AvgIpc) is 3.24. The third-order valence-electron chi connectivity index (χ3n) is 6.50. The lowest BCUT2D eigenvalue weighted by molar-refractivity contribution is 0.252. The summed E-state index contributed by atoms with van der Waals surface area (Å²) in [6, 6.07) is 7.42. The van der Waals surface area contributed by atoms with Crippen molar-refractivity contribution < 1.29 is 8.42 Å². The maximum Gasteiger partial charge on any atom is 0.261 e. The molecule has 1 fully saturated rings. The van der Waals surface area contributed by atoms with Crippen molar-refractivity contribution in [1.29, 1.82) is 0 Å². The number of rotatable bonds is 3. The standard InChI is InChI=1S/C23H29N5O3S/c1-23(2,3)27-14-15-13-16(9-10-19(15)32(27,30)31)25-21-20-18(11-12-24-22(20)29)28(26-21)17-7-5-4-6-8-17/h9-13,17H,4-8,14H2,1-3H3,(H,24,29)(H,25,26). The van der Waals surface area contributed by atoms with Crippen LogP contribution in [0.5, 0.6) is 0 Å². The van der Waals surface area contributed by atoms with Crippen LogP contribution in [0.3, 0.4) is 0 Å². The van der Waals surface area contributed by atoms with Gasteiger partial charge in [-0.3, -0.25) is 9.48 Å². The summed E-state index contributed by atoms with van der Waals surface area (Å²) in [5, 5.41) is 8.63. The molecule has 170 valence electrons. The van der Waals surface area contributed by atoms with E-state index in [1.807, 2.05) is 37.6 Å². The zero-order chi connectivity index (χ0) is 22.7. The molecular weight excluding hydrogens is 426 g/mol. The van der Waals surface area contributed by atoms with Gasteiger partial charge in [-0.1, -0.05) is 19.3 Å². The second kappa shape index (κ2) is 7.45. The molecule has 0 saturated heterocycles. The van der Waals surface area contributed by atoms with E-state index in [0.717, 1.165) is 23.9 Å². The molecule has 0 atom stereocenters. The van der Waals surface area contributed by atoms with Crippen molar-refractivity contribution in [1.82, 2.24) is 19.1 Å². The van der Waals surface area contributed by atoms with Crippen LogP contribution in [0.25, 0.3) is 10.9 Å². The number of anilines is 2. The van der Waals surface area contributed by atoms with Crippen molar-refractivity contribution in [2.75, 3.05) is 5.32 Å². The SMILES string of the molecule is CC(C)(C)N1Cc2cc(Nc3nn(C4CCCCC4)c4cc[nH]c(=O)c34)ccc2S1(=O)=O. The molecule has 1 aliphatic heterocycles. The normalized spacial score (nSPS) is 19.3. The van der Waals surface area contributed by atoms with Crippen molar-refractivity contribution in [2.24, 2.45) is 0 Å². The van der Waals surface area contributed by atoms with E-state index in [4.69, 9.17) is 5.10 Å². The Kier molecular flexibility index (Phi) is 4.94. The largest absolute Gasteiger partial charge is 0.338 e. The molecule has 3 heterocycles. The minimum absolute atomic E-state index is 0.185. The fourth-order valence-corrected chi connectivity index (χ4v) is 6.88. The quantitative estimate of drug-likeness (QED) is 0.614. The highest BCUT2D eigenvalue weighted by Crippen LogP contribution is 2.38. The summed E-state index contributed by atoms with van der Waals surface area (Å²) in [7, 11) is -3.51. The van der Waals surface area contributed by atoms with Crippen molar-refractivity contribution in [3.8, 4) is 0 Å². The molecule has 5 rings (SSSR count). The summed E-state index contributed by atoms with van der Waals surface area (Å²) in [5.74, 6) is 0.501. The van der Waals surface area contributed by atoms with E-state index in [1.54, 1.807) is 18.3 Å². The van der Waals surface area contributed by atoms with Crippen LogP contribution in [0, 0.1) is 0 Å². The lowest BCUT2D eigenvalue weighted by Gasteiger charge is -2.29. The Balaban J connectivity index is 1.54. The number of aromatic nitrogens is 3. The highest BCUT2D eigenvalue weighted by molar-refractivity contribution is 7.89. The molecule has 1 aromatic carbocycles. The molecule has 8 nitrogen and oxygen atoms in total. The van der Waals surface area contributed by atoms with Crippen LogP contribution >= 0.6 is 0 Å². The van der Waals surface area contributed by atoms with Crippen LogP contribution in [0.1, 0.15) is 64.5 Å². The summed E-state index contributed by atoms with van der Waals surface area (Å²) >= 11 is 0. The van der Waals surface area contributed by atoms with Gasteiger partial charge in [-0.25, -0.2) is 8.42 Å². The summed E-state index contributed by atoms with van der Waals surface area (Å²) in [6.07, 6.45) is 7.36. The minimum atomic E-state index is -3.51. The average molecular weight is 456 g/mol. The van der Waals surface area contributed by atoms with Crippen molar-refractivity contribution in [2.45, 2.75) is 75.9 Å². The van der Waals surface area contributed by atoms with E-state index in [2.05, 4.69) is 10.3 Å². The Morgan fingerprint density at radius 2 is 1.88 bits per heavy atom. The number of benzene rings is 1. The number of aromatic amines is 1. The van der Waals surface area contributed by atoms with E-state index >= 15 is 0 Å². The van der Waals surface area contributed by atoms with Crippen molar-refractivity contribution >= 4 is 32.4 Å². The molecule has 1 saturated carbocycles. The highest BCUT2D eigenvalue weighted by atomic mass is 32.2. The molecule has 3 aromatic rings. The van der Waals surface area contributed by atoms with E-state index in [1.165, 1.54) is 23.6 Å².